The van der Waals surface area contributed by atoms with E-state index in [0.717, 1.165) is 5.56 Å². The normalized spacial score (nSPS) is 18.0. The third-order valence-electron chi connectivity index (χ3n) is 7.82. The van der Waals surface area contributed by atoms with Crippen LogP contribution in [0.1, 0.15) is 54.9 Å². The standard InChI is InChI=1S/C37H60N2O13/c1-31(40)33-7-5-32(6-8-33)30-39-35(42)10-14-45-16-18-47-20-22-49-24-26-51-28-29-52-27-25-50-23-21-48-19-17-46-15-13-38-36(43)37(44)11-3-2-4-34(41)9-12-37/h2,4-8,34,41,44H,3,9-30H2,1H3,(H,38,43)(H,39,42)/b4-2+/t34-,37-/m0/s1. The van der Waals surface area contributed by atoms with E-state index < -0.39 is 17.6 Å². The number of hydrogen-bond acceptors (Lipinski definition) is 13. The van der Waals surface area contributed by atoms with Crippen molar-refractivity contribution in [3.05, 3.63) is 47.5 Å². The molecule has 52 heavy (non-hydrogen) atoms. The number of benzene rings is 1. The highest BCUT2D eigenvalue weighted by Gasteiger charge is 2.35. The molecule has 2 atom stereocenters. The molecule has 0 saturated heterocycles. The van der Waals surface area contributed by atoms with Crippen molar-refractivity contribution in [3.63, 3.8) is 0 Å². The molecule has 2 amide bonds. The number of hydrogen-bond donors (Lipinski definition) is 4. The molecule has 1 aromatic carbocycles. The summed E-state index contributed by atoms with van der Waals surface area (Å²) in [5.74, 6) is -0.524. The van der Waals surface area contributed by atoms with Gasteiger partial charge in [-0.05, 0) is 38.2 Å². The predicted octanol–water partition coefficient (Wildman–Crippen LogP) is 1.37. The number of ketones is 1. The number of rotatable bonds is 31. The maximum absolute atomic E-state index is 12.4. The Morgan fingerprint density at radius 3 is 1.62 bits per heavy atom. The molecule has 15 heteroatoms. The third kappa shape index (κ3) is 23.0. The van der Waals surface area contributed by atoms with Gasteiger partial charge >= 0.3 is 0 Å². The van der Waals surface area contributed by atoms with Gasteiger partial charge in [0.05, 0.1) is 112 Å². The number of aliphatic hydroxyl groups is 2. The second kappa shape index (κ2) is 29.6. The minimum atomic E-state index is -1.47. The maximum atomic E-state index is 12.4. The quantitative estimate of drug-likeness (QED) is 0.0486. The average Bonchev–Trinajstić information content (AvgIpc) is 3.13. The van der Waals surface area contributed by atoms with Gasteiger partial charge in [-0.3, -0.25) is 14.4 Å². The summed E-state index contributed by atoms with van der Waals surface area (Å²) >= 11 is 0. The van der Waals surface area contributed by atoms with Crippen LogP contribution in [0.5, 0.6) is 0 Å². The van der Waals surface area contributed by atoms with E-state index in [2.05, 4.69) is 10.6 Å². The number of nitrogens with one attached hydrogen (secondary N) is 2. The Labute approximate surface area is 307 Å². The average molecular weight is 741 g/mol. The van der Waals surface area contributed by atoms with Crippen molar-refractivity contribution >= 4 is 17.6 Å². The third-order valence-corrected chi connectivity index (χ3v) is 7.82. The highest BCUT2D eigenvalue weighted by atomic mass is 16.6. The van der Waals surface area contributed by atoms with Crippen molar-refractivity contribution in [2.24, 2.45) is 0 Å². The van der Waals surface area contributed by atoms with Crippen molar-refractivity contribution in [3.8, 4) is 0 Å². The van der Waals surface area contributed by atoms with Gasteiger partial charge in [0.2, 0.25) is 5.91 Å². The molecule has 0 unspecified atom stereocenters. The van der Waals surface area contributed by atoms with E-state index in [-0.39, 0.29) is 31.1 Å². The van der Waals surface area contributed by atoms with E-state index in [4.69, 9.17) is 37.9 Å². The van der Waals surface area contributed by atoms with Crippen molar-refractivity contribution in [2.75, 3.05) is 112 Å². The SMILES string of the molecule is CC(=O)c1ccc(CNC(=O)CCOCCOCCOCCOCCOCCOCCOCCOCCNC(=O)[C@]2(O)CC/C=C/[C@H](O)CC2)cc1. The van der Waals surface area contributed by atoms with Gasteiger partial charge in [-0.15, -0.1) is 0 Å². The summed E-state index contributed by atoms with van der Waals surface area (Å²) in [7, 11) is 0. The largest absolute Gasteiger partial charge is 0.389 e. The molecule has 296 valence electrons. The van der Waals surface area contributed by atoms with Crippen LogP contribution in [0.2, 0.25) is 0 Å². The Balaban J connectivity index is 1.22. The Morgan fingerprint density at radius 1 is 0.673 bits per heavy atom. The van der Waals surface area contributed by atoms with Crippen molar-refractivity contribution in [2.45, 2.75) is 57.3 Å². The molecule has 1 aromatic rings. The first kappa shape index (κ1) is 45.3. The molecule has 0 saturated carbocycles. The van der Waals surface area contributed by atoms with Gasteiger partial charge in [-0.2, -0.15) is 0 Å². The number of allylic oxidation sites excluding steroid dienone is 1. The predicted molar refractivity (Wildman–Crippen MR) is 191 cm³/mol. The van der Waals surface area contributed by atoms with Gasteiger partial charge in [0.1, 0.15) is 5.60 Å². The summed E-state index contributed by atoms with van der Waals surface area (Å²) in [5.41, 5.74) is 0.104. The van der Waals surface area contributed by atoms with Crippen LogP contribution in [0.4, 0.5) is 0 Å². The molecule has 4 N–H and O–H groups in total. The summed E-state index contributed by atoms with van der Waals surface area (Å²) in [6.07, 6.45) is 4.53. The Bertz CT molecular complexity index is 1120. The fourth-order valence-electron chi connectivity index (χ4n) is 4.76. The summed E-state index contributed by atoms with van der Waals surface area (Å²) in [6, 6.07) is 7.16. The first-order valence-corrected chi connectivity index (χ1v) is 18.1. The summed E-state index contributed by atoms with van der Waals surface area (Å²) in [4.78, 5) is 35.7. The van der Waals surface area contributed by atoms with Crippen LogP contribution < -0.4 is 10.6 Å². The second-order valence-corrected chi connectivity index (χ2v) is 12.0. The molecule has 0 aromatic heterocycles. The number of Topliss-reactive ketones (excluding diaryl/α,β-unsaturated/α-hetero) is 1. The van der Waals surface area contributed by atoms with Crippen LogP contribution in [-0.2, 0) is 54.0 Å². The number of aliphatic hydroxyl groups excluding tert-OH is 1. The summed E-state index contributed by atoms with van der Waals surface area (Å²) < 4.78 is 43.7. The zero-order chi connectivity index (χ0) is 37.5. The van der Waals surface area contributed by atoms with Gasteiger partial charge in [-0.25, -0.2) is 0 Å². The Morgan fingerprint density at radius 2 is 1.13 bits per heavy atom. The number of ether oxygens (including phenoxy) is 8. The lowest BCUT2D eigenvalue weighted by molar-refractivity contribution is -0.142. The highest BCUT2D eigenvalue weighted by molar-refractivity contribution is 5.94. The molecule has 0 aliphatic heterocycles. The minimum absolute atomic E-state index is 0.0115. The zero-order valence-electron chi connectivity index (χ0n) is 30.7. The van der Waals surface area contributed by atoms with Crippen LogP contribution in [-0.4, -0.2) is 152 Å². The van der Waals surface area contributed by atoms with Crippen LogP contribution in [0.25, 0.3) is 0 Å². The molecule has 15 nitrogen and oxygen atoms in total. The molecular formula is C37H60N2O13. The van der Waals surface area contributed by atoms with Gasteiger partial charge in [0.15, 0.2) is 5.78 Å². The maximum Gasteiger partial charge on any atom is 0.252 e. The molecule has 1 aliphatic carbocycles. The van der Waals surface area contributed by atoms with E-state index in [1.807, 2.05) is 12.1 Å². The molecule has 0 radical (unpaired) electrons. The molecule has 0 bridgehead atoms. The number of amides is 2. The Hall–Kier alpha value is -2.83. The molecule has 0 fully saturated rings. The van der Waals surface area contributed by atoms with Gasteiger partial charge < -0.3 is 58.7 Å². The van der Waals surface area contributed by atoms with Crippen molar-refractivity contribution in [1.29, 1.82) is 0 Å². The zero-order valence-corrected chi connectivity index (χ0v) is 30.7. The first-order chi connectivity index (χ1) is 25.3. The van der Waals surface area contributed by atoms with Gasteiger partial charge in [0, 0.05) is 25.1 Å². The lowest BCUT2D eigenvalue weighted by Crippen LogP contribution is -2.48. The monoisotopic (exact) mass is 740 g/mol. The number of carbonyl (C=O) groups is 3. The first-order valence-electron chi connectivity index (χ1n) is 18.1. The smallest absolute Gasteiger partial charge is 0.252 e. The minimum Gasteiger partial charge on any atom is -0.389 e. The summed E-state index contributed by atoms with van der Waals surface area (Å²) in [6.45, 7) is 8.88. The molecule has 1 aliphatic rings. The fourth-order valence-corrected chi connectivity index (χ4v) is 4.76. The Kier molecular flexibility index (Phi) is 25.8. The second-order valence-electron chi connectivity index (χ2n) is 12.0. The molecule has 0 heterocycles. The van der Waals surface area contributed by atoms with E-state index in [1.165, 1.54) is 6.92 Å². The lowest BCUT2D eigenvalue weighted by Gasteiger charge is -2.28. The van der Waals surface area contributed by atoms with Crippen LogP contribution in [0.15, 0.2) is 36.4 Å². The van der Waals surface area contributed by atoms with Crippen molar-refractivity contribution < 1.29 is 62.5 Å². The van der Waals surface area contributed by atoms with Gasteiger partial charge in [0.25, 0.3) is 5.91 Å². The lowest BCUT2D eigenvalue weighted by atomic mass is 9.88. The van der Waals surface area contributed by atoms with Crippen LogP contribution in [0, 0.1) is 0 Å². The number of carbonyl (C=O) groups excluding carboxylic acids is 3. The van der Waals surface area contributed by atoms with Crippen LogP contribution >= 0.6 is 0 Å². The highest BCUT2D eigenvalue weighted by Crippen LogP contribution is 2.24. The van der Waals surface area contributed by atoms with Gasteiger partial charge in [-0.1, -0.05) is 36.4 Å². The van der Waals surface area contributed by atoms with E-state index in [9.17, 15) is 24.6 Å². The molecule has 2 rings (SSSR count). The van der Waals surface area contributed by atoms with Crippen LogP contribution in [0.3, 0.4) is 0 Å². The molecular weight excluding hydrogens is 680 g/mol. The summed E-state index contributed by atoms with van der Waals surface area (Å²) in [5, 5.41) is 25.9. The van der Waals surface area contributed by atoms with E-state index >= 15 is 0 Å². The van der Waals surface area contributed by atoms with E-state index in [0.29, 0.717) is 137 Å². The fraction of sp³-hybridized carbons (Fsp3) is 0.703. The topological polar surface area (TPSA) is 190 Å². The van der Waals surface area contributed by atoms with E-state index in [1.54, 1.807) is 24.3 Å². The van der Waals surface area contributed by atoms with Crippen molar-refractivity contribution in [1.82, 2.24) is 10.6 Å². The molecule has 0 spiro atoms.